The van der Waals surface area contributed by atoms with Gasteiger partial charge in [-0.3, -0.25) is 0 Å². The van der Waals surface area contributed by atoms with Crippen LogP contribution >= 0.6 is 11.3 Å². The van der Waals surface area contributed by atoms with E-state index in [-0.39, 0.29) is 36.0 Å². The zero-order valence-electron chi connectivity index (χ0n) is 6.33. The number of carbonyl (C=O) groups excluding carboxylic acids is 1. The summed E-state index contributed by atoms with van der Waals surface area (Å²) in [5, 5.41) is 18.5. The fourth-order valence-electron chi connectivity index (χ4n) is 0.532. The summed E-state index contributed by atoms with van der Waals surface area (Å²) in [5.74, 6) is -1.11. The van der Waals surface area contributed by atoms with E-state index in [1.807, 2.05) is 0 Å². The van der Waals surface area contributed by atoms with Crippen molar-refractivity contribution in [2.45, 2.75) is 13.3 Å². The van der Waals surface area contributed by atoms with Crippen LogP contribution in [0.5, 0.6) is 0 Å². The number of aliphatic carboxylic acids is 1. The molecule has 1 aromatic rings. The van der Waals surface area contributed by atoms with Gasteiger partial charge in [-0.1, -0.05) is 0 Å². The first kappa shape index (κ1) is 11.0. The number of nitrogens with zero attached hydrogens (tertiary/aromatic N) is 2. The van der Waals surface area contributed by atoms with Crippen molar-refractivity contribution in [1.82, 2.24) is 10.2 Å². The molecule has 1 heterocycles. The van der Waals surface area contributed by atoms with E-state index in [0.29, 0.717) is 5.01 Å². The molecule has 1 aromatic heterocycles. The van der Waals surface area contributed by atoms with Gasteiger partial charge in [-0.2, -0.15) is 0 Å². The van der Waals surface area contributed by atoms with Gasteiger partial charge in [0.25, 0.3) is 0 Å². The minimum Gasteiger partial charge on any atom is -0.550 e. The quantitative estimate of drug-likeness (QED) is 0.437. The van der Waals surface area contributed by atoms with Crippen molar-refractivity contribution >= 4 is 17.3 Å². The van der Waals surface area contributed by atoms with Crippen LogP contribution < -0.4 is 34.7 Å². The summed E-state index contributed by atoms with van der Waals surface area (Å²) in [6, 6.07) is 0. The Kier molecular flexibility index (Phi) is 4.83. The molecular weight excluding hydrogens is 175 g/mol. The van der Waals surface area contributed by atoms with Crippen molar-refractivity contribution in [3.63, 3.8) is 0 Å². The fourth-order valence-corrected chi connectivity index (χ4v) is 1.23. The normalized spacial score (nSPS) is 8.82. The van der Waals surface area contributed by atoms with Gasteiger partial charge in [0, 0.05) is 12.4 Å². The minimum atomic E-state index is -1.11. The predicted molar refractivity (Wildman–Crippen MR) is 33.4 cm³/mol. The number of hydrogen-bond donors (Lipinski definition) is 0. The summed E-state index contributed by atoms with van der Waals surface area (Å²) in [7, 11) is 0. The van der Waals surface area contributed by atoms with Gasteiger partial charge in [0.2, 0.25) is 0 Å². The standard InChI is InChI=1S/C5H6N2O2S.Na/c1-3-6-7-4(10-3)2-5(8)9;/h2H2,1H3,(H,8,9);/q;+1/p-1. The third-order valence-corrected chi connectivity index (χ3v) is 1.70. The Labute approximate surface area is 89.9 Å². The molecule has 1 rings (SSSR count). The fraction of sp³-hybridized carbons (Fsp3) is 0.400. The van der Waals surface area contributed by atoms with Crippen LogP contribution in [0.15, 0.2) is 0 Å². The number of hydrogen-bond acceptors (Lipinski definition) is 5. The van der Waals surface area contributed by atoms with Crippen molar-refractivity contribution in [2.75, 3.05) is 0 Å². The van der Waals surface area contributed by atoms with Crippen LogP contribution in [-0.4, -0.2) is 16.2 Å². The molecule has 0 radical (unpaired) electrons. The number of aromatic nitrogens is 2. The van der Waals surface area contributed by atoms with Crippen LogP contribution in [0.25, 0.3) is 0 Å². The molecule has 0 N–H and O–H groups in total. The van der Waals surface area contributed by atoms with E-state index in [1.54, 1.807) is 6.92 Å². The maximum absolute atomic E-state index is 10.0. The van der Waals surface area contributed by atoms with Crippen molar-refractivity contribution in [3.05, 3.63) is 10.0 Å². The van der Waals surface area contributed by atoms with Crippen LogP contribution in [-0.2, 0) is 11.2 Å². The first-order chi connectivity index (χ1) is 4.68. The Balaban J connectivity index is 0.000001000. The van der Waals surface area contributed by atoms with Gasteiger partial charge in [-0.15, -0.1) is 21.5 Å². The van der Waals surface area contributed by atoms with Crippen molar-refractivity contribution in [1.29, 1.82) is 0 Å². The Morgan fingerprint density at radius 1 is 1.64 bits per heavy atom. The summed E-state index contributed by atoms with van der Waals surface area (Å²) >= 11 is 1.27. The molecule has 0 aliphatic carbocycles. The molecule has 6 heteroatoms. The zero-order chi connectivity index (χ0) is 7.56. The maximum atomic E-state index is 10.0. The second kappa shape index (κ2) is 4.82. The molecule has 0 aliphatic heterocycles. The Hall–Kier alpha value is 0.0300. The molecule has 0 aromatic carbocycles. The van der Waals surface area contributed by atoms with Crippen LogP contribution in [0.4, 0.5) is 0 Å². The largest absolute Gasteiger partial charge is 1.00 e. The van der Waals surface area contributed by atoms with Gasteiger partial charge in [-0.25, -0.2) is 0 Å². The van der Waals surface area contributed by atoms with Crippen LogP contribution in [0.3, 0.4) is 0 Å². The second-order valence-corrected chi connectivity index (χ2v) is 3.03. The Morgan fingerprint density at radius 3 is 2.64 bits per heavy atom. The average molecular weight is 180 g/mol. The molecule has 0 unspecified atom stereocenters. The molecule has 0 fully saturated rings. The van der Waals surface area contributed by atoms with Crippen molar-refractivity contribution < 1.29 is 39.5 Å². The molecule has 0 saturated carbocycles. The summed E-state index contributed by atoms with van der Waals surface area (Å²) in [6.45, 7) is 1.77. The number of carbonyl (C=O) groups is 1. The van der Waals surface area contributed by atoms with E-state index in [0.717, 1.165) is 5.01 Å². The molecule has 0 spiro atoms. The molecule has 11 heavy (non-hydrogen) atoms. The Morgan fingerprint density at radius 2 is 2.27 bits per heavy atom. The smallest absolute Gasteiger partial charge is 0.550 e. The van der Waals surface area contributed by atoms with Gasteiger partial charge in [0.05, 0.1) is 0 Å². The van der Waals surface area contributed by atoms with E-state index in [4.69, 9.17) is 0 Å². The second-order valence-electron chi connectivity index (χ2n) is 1.76. The van der Waals surface area contributed by atoms with Gasteiger partial charge in [0.15, 0.2) is 0 Å². The zero-order valence-corrected chi connectivity index (χ0v) is 9.14. The SMILES string of the molecule is Cc1nnc(CC(=O)[O-])s1.[Na+]. The average Bonchev–Trinajstić information content (AvgIpc) is 2.13. The molecule has 4 nitrogen and oxygen atoms in total. The van der Waals surface area contributed by atoms with E-state index >= 15 is 0 Å². The Bertz CT molecular complexity index is 250. The van der Waals surface area contributed by atoms with Gasteiger partial charge in [-0.05, 0) is 6.92 Å². The van der Waals surface area contributed by atoms with Crippen molar-refractivity contribution in [2.24, 2.45) is 0 Å². The van der Waals surface area contributed by atoms with Crippen LogP contribution in [0.1, 0.15) is 10.0 Å². The third kappa shape index (κ3) is 3.81. The molecule has 0 amide bonds. The molecule has 0 saturated heterocycles. The van der Waals surface area contributed by atoms with E-state index in [1.165, 1.54) is 11.3 Å². The van der Waals surface area contributed by atoms with Crippen LogP contribution in [0.2, 0.25) is 0 Å². The van der Waals surface area contributed by atoms with Gasteiger partial charge in [0.1, 0.15) is 10.0 Å². The summed E-state index contributed by atoms with van der Waals surface area (Å²) in [4.78, 5) is 10.0. The molecule has 0 aliphatic rings. The molecule has 0 atom stereocenters. The topological polar surface area (TPSA) is 65.9 Å². The van der Waals surface area contributed by atoms with E-state index in [2.05, 4.69) is 10.2 Å². The number of carboxylic acid groups (broad SMARTS) is 1. The summed E-state index contributed by atoms with van der Waals surface area (Å²) in [5.41, 5.74) is 0. The maximum Gasteiger partial charge on any atom is 1.00 e. The van der Waals surface area contributed by atoms with Gasteiger partial charge >= 0.3 is 29.6 Å². The van der Waals surface area contributed by atoms with E-state index in [9.17, 15) is 9.90 Å². The number of rotatable bonds is 2. The van der Waals surface area contributed by atoms with Gasteiger partial charge < -0.3 is 9.90 Å². The van der Waals surface area contributed by atoms with Crippen LogP contribution in [0, 0.1) is 6.92 Å². The number of carboxylic acids is 1. The molecule has 0 bridgehead atoms. The number of aryl methyl sites for hydroxylation is 1. The van der Waals surface area contributed by atoms with Crippen molar-refractivity contribution in [3.8, 4) is 0 Å². The molecule has 54 valence electrons. The first-order valence-electron chi connectivity index (χ1n) is 2.67. The minimum absolute atomic E-state index is 0. The predicted octanol–water partition coefficient (Wildman–Crippen LogP) is -3.86. The third-order valence-electron chi connectivity index (χ3n) is 0.863. The first-order valence-corrected chi connectivity index (χ1v) is 3.49. The molecular formula is C5H5N2NaO2S. The summed E-state index contributed by atoms with van der Waals surface area (Å²) < 4.78 is 0. The van der Waals surface area contributed by atoms with E-state index < -0.39 is 5.97 Å². The summed E-state index contributed by atoms with van der Waals surface area (Å²) in [6.07, 6.45) is -0.133. The monoisotopic (exact) mass is 180 g/mol.